The molecule has 0 fully saturated rings. The number of hydrogen-bond donors (Lipinski definition) is 0. The highest BCUT2D eigenvalue weighted by Gasteiger charge is 2.19. The summed E-state index contributed by atoms with van der Waals surface area (Å²) in [6, 6.07) is 0. The molecule has 0 atom stereocenters. The van der Waals surface area contributed by atoms with Crippen LogP contribution in [-0.4, -0.2) is 9.13 Å². The second kappa shape index (κ2) is 5.90. The molecule has 2 aromatic heterocycles. The minimum atomic E-state index is 1.10. The standard InChI is InChI=1S/C24H32N2/c1-12-13(2)16(5)24-22(15(12)4)21(20(9)26(24)11)18(7)23-17(6)14(3)19(8)25(23)10/h9H2,1-8,10-11H3/b21-18-. The number of rotatable bonds is 1. The summed E-state index contributed by atoms with van der Waals surface area (Å²) in [7, 11) is 4.33. The van der Waals surface area contributed by atoms with Gasteiger partial charge in [0.2, 0.25) is 0 Å². The minimum absolute atomic E-state index is 1.10. The molecule has 0 bridgehead atoms. The lowest BCUT2D eigenvalue weighted by atomic mass is 9.93. The predicted molar refractivity (Wildman–Crippen MR) is 114 cm³/mol. The molecule has 0 N–H and O–H groups in total. The van der Waals surface area contributed by atoms with Gasteiger partial charge in [0, 0.05) is 41.4 Å². The van der Waals surface area contributed by atoms with Crippen LogP contribution in [0.5, 0.6) is 0 Å². The zero-order chi connectivity index (χ0) is 19.7. The van der Waals surface area contributed by atoms with E-state index in [0.29, 0.717) is 0 Å². The summed E-state index contributed by atoms with van der Waals surface area (Å²) in [5, 5.41) is 3.77. The van der Waals surface area contributed by atoms with E-state index >= 15 is 0 Å². The van der Waals surface area contributed by atoms with Crippen LogP contribution in [0.1, 0.15) is 51.7 Å². The second-order valence-electron chi connectivity index (χ2n) is 7.97. The third-order valence-corrected chi connectivity index (χ3v) is 6.96. The molecule has 0 aliphatic rings. The SMILES string of the molecule is C=c1/c(=C(\C)c2c(C)c(C)c(C)n2C)c2c(C)c(C)c(C)c(C)c2n1C. The van der Waals surface area contributed by atoms with Gasteiger partial charge in [-0.2, -0.15) is 0 Å². The molecule has 1 aromatic carbocycles. The number of hydrogen-bond acceptors (Lipinski definition) is 0. The van der Waals surface area contributed by atoms with Crippen molar-refractivity contribution in [2.75, 3.05) is 0 Å². The van der Waals surface area contributed by atoms with E-state index in [1.807, 2.05) is 0 Å². The van der Waals surface area contributed by atoms with Crippen LogP contribution in [0.15, 0.2) is 0 Å². The van der Waals surface area contributed by atoms with Crippen molar-refractivity contribution >= 4 is 23.1 Å². The van der Waals surface area contributed by atoms with E-state index in [-0.39, 0.29) is 0 Å². The Morgan fingerprint density at radius 1 is 0.692 bits per heavy atom. The molecule has 0 unspecified atom stereocenters. The maximum absolute atomic E-state index is 4.47. The fraction of sp³-hybridized carbons (Fsp3) is 0.417. The molecular formula is C24H32N2. The Bertz CT molecular complexity index is 1150. The van der Waals surface area contributed by atoms with Crippen molar-refractivity contribution < 1.29 is 0 Å². The van der Waals surface area contributed by atoms with Crippen LogP contribution in [0.25, 0.3) is 23.1 Å². The van der Waals surface area contributed by atoms with Crippen LogP contribution in [0.4, 0.5) is 0 Å². The Morgan fingerprint density at radius 3 is 1.73 bits per heavy atom. The molecule has 0 radical (unpaired) electrons. The van der Waals surface area contributed by atoms with E-state index in [4.69, 9.17) is 0 Å². The Hall–Kier alpha value is -2.22. The van der Waals surface area contributed by atoms with Crippen LogP contribution < -0.4 is 10.6 Å². The minimum Gasteiger partial charge on any atom is -0.348 e. The Balaban J connectivity index is 2.68. The largest absolute Gasteiger partial charge is 0.348 e. The highest BCUT2D eigenvalue weighted by molar-refractivity contribution is 5.92. The Kier molecular flexibility index (Phi) is 4.22. The molecule has 138 valence electrons. The van der Waals surface area contributed by atoms with E-state index in [1.54, 1.807) is 0 Å². The van der Waals surface area contributed by atoms with Crippen molar-refractivity contribution in [1.29, 1.82) is 0 Å². The van der Waals surface area contributed by atoms with Gasteiger partial charge in [-0.25, -0.2) is 0 Å². The summed E-state index contributed by atoms with van der Waals surface area (Å²) in [5.41, 5.74) is 13.6. The zero-order valence-electron chi connectivity index (χ0n) is 18.1. The normalized spacial score (nSPS) is 13.0. The summed E-state index contributed by atoms with van der Waals surface area (Å²) >= 11 is 0. The topological polar surface area (TPSA) is 9.86 Å². The molecule has 3 aromatic rings. The van der Waals surface area contributed by atoms with Gasteiger partial charge < -0.3 is 9.13 Å². The van der Waals surface area contributed by atoms with E-state index < -0.39 is 0 Å². The number of benzene rings is 1. The van der Waals surface area contributed by atoms with E-state index in [0.717, 1.165) is 5.35 Å². The van der Waals surface area contributed by atoms with Gasteiger partial charge in [0.15, 0.2) is 0 Å². The maximum Gasteiger partial charge on any atom is 0.0523 e. The van der Waals surface area contributed by atoms with Crippen molar-refractivity contribution in [3.05, 3.63) is 55.3 Å². The first-order valence-electron chi connectivity index (χ1n) is 9.39. The number of fused-ring (bicyclic) bond motifs is 1. The van der Waals surface area contributed by atoms with Gasteiger partial charge in [-0.3, -0.25) is 0 Å². The molecule has 26 heavy (non-hydrogen) atoms. The summed E-state index contributed by atoms with van der Waals surface area (Å²) in [6.45, 7) is 22.4. The molecule has 2 heterocycles. The lowest BCUT2D eigenvalue weighted by Crippen LogP contribution is -2.28. The third kappa shape index (κ3) is 2.17. The van der Waals surface area contributed by atoms with Crippen molar-refractivity contribution in [3.8, 4) is 0 Å². The monoisotopic (exact) mass is 348 g/mol. The van der Waals surface area contributed by atoms with Crippen LogP contribution in [0.2, 0.25) is 0 Å². The maximum atomic E-state index is 4.47. The summed E-state index contributed by atoms with van der Waals surface area (Å²) in [4.78, 5) is 0. The first kappa shape index (κ1) is 18.6. The Morgan fingerprint density at radius 2 is 1.23 bits per heavy atom. The molecule has 2 nitrogen and oxygen atoms in total. The number of aromatic nitrogens is 2. The number of nitrogens with zero attached hydrogens (tertiary/aromatic N) is 2. The van der Waals surface area contributed by atoms with Crippen molar-refractivity contribution in [2.24, 2.45) is 14.1 Å². The zero-order valence-corrected chi connectivity index (χ0v) is 18.1. The molecule has 2 heteroatoms. The fourth-order valence-electron chi connectivity index (χ4n) is 4.64. The van der Waals surface area contributed by atoms with Crippen molar-refractivity contribution in [1.82, 2.24) is 9.13 Å². The highest BCUT2D eigenvalue weighted by Crippen LogP contribution is 2.29. The van der Waals surface area contributed by atoms with Crippen LogP contribution in [0.3, 0.4) is 0 Å². The van der Waals surface area contributed by atoms with E-state index in [2.05, 4.69) is 85.2 Å². The van der Waals surface area contributed by atoms with Gasteiger partial charge in [0.05, 0.1) is 5.52 Å². The quantitative estimate of drug-likeness (QED) is 0.620. The molecule has 0 saturated heterocycles. The fourth-order valence-corrected chi connectivity index (χ4v) is 4.64. The predicted octanol–water partition coefficient (Wildman–Crippen LogP) is 4.30. The van der Waals surface area contributed by atoms with E-state index in [9.17, 15) is 0 Å². The molecular weight excluding hydrogens is 316 g/mol. The smallest absolute Gasteiger partial charge is 0.0523 e. The van der Waals surface area contributed by atoms with Gasteiger partial charge in [0.25, 0.3) is 0 Å². The van der Waals surface area contributed by atoms with Gasteiger partial charge in [0.1, 0.15) is 0 Å². The number of aryl methyl sites for hydroxylation is 3. The van der Waals surface area contributed by atoms with Crippen molar-refractivity contribution in [3.63, 3.8) is 0 Å². The van der Waals surface area contributed by atoms with Crippen LogP contribution in [0, 0.1) is 48.5 Å². The molecule has 0 saturated carbocycles. The average molecular weight is 349 g/mol. The molecule has 3 rings (SSSR count). The van der Waals surface area contributed by atoms with Gasteiger partial charge in [-0.05, 0) is 94.3 Å². The second-order valence-corrected chi connectivity index (χ2v) is 7.97. The summed E-state index contributed by atoms with van der Waals surface area (Å²) in [6.07, 6.45) is 0. The van der Waals surface area contributed by atoms with Crippen LogP contribution in [-0.2, 0) is 14.1 Å². The molecule has 0 aliphatic carbocycles. The first-order valence-corrected chi connectivity index (χ1v) is 9.39. The summed E-state index contributed by atoms with van der Waals surface area (Å²) < 4.78 is 4.61. The average Bonchev–Trinajstić information content (AvgIpc) is 2.97. The van der Waals surface area contributed by atoms with Gasteiger partial charge in [-0.1, -0.05) is 6.58 Å². The lowest BCUT2D eigenvalue weighted by molar-refractivity contribution is 0.857. The lowest BCUT2D eigenvalue weighted by Gasteiger charge is -2.13. The molecule has 0 spiro atoms. The van der Waals surface area contributed by atoms with Crippen molar-refractivity contribution in [2.45, 2.75) is 55.4 Å². The molecule has 0 aliphatic heterocycles. The van der Waals surface area contributed by atoms with Crippen LogP contribution >= 0.6 is 0 Å². The Labute approximate surface area is 157 Å². The first-order chi connectivity index (χ1) is 12.0. The van der Waals surface area contributed by atoms with Gasteiger partial charge >= 0.3 is 0 Å². The van der Waals surface area contributed by atoms with E-state index in [1.165, 1.54) is 66.5 Å². The summed E-state index contributed by atoms with van der Waals surface area (Å²) in [5.74, 6) is 0. The highest BCUT2D eigenvalue weighted by atomic mass is 15.0. The molecule has 0 amide bonds. The third-order valence-electron chi connectivity index (χ3n) is 6.96. The van der Waals surface area contributed by atoms with Gasteiger partial charge in [-0.15, -0.1) is 0 Å².